The van der Waals surface area contributed by atoms with Crippen LogP contribution in [0.5, 0.6) is 0 Å². The predicted octanol–water partition coefficient (Wildman–Crippen LogP) is 1.81. The monoisotopic (exact) mass is 401 g/mol. The number of benzene rings is 1. The van der Waals surface area contributed by atoms with E-state index in [4.69, 9.17) is 0 Å². The minimum Gasteiger partial charge on any atom is -0.768 e. The molecule has 148 valence electrons. The second kappa shape index (κ2) is 9.95. The second-order valence-electron chi connectivity index (χ2n) is 5.84. The molecule has 2 unspecified atom stereocenters. The summed E-state index contributed by atoms with van der Waals surface area (Å²) in [6, 6.07) is 5.99. The first-order valence-electron chi connectivity index (χ1n) is 8.33. The minimum atomic E-state index is -2.45. The molecule has 7 nitrogen and oxygen atoms in total. The molecule has 0 spiro atoms. The lowest BCUT2D eigenvalue weighted by Crippen LogP contribution is -2.38. The van der Waals surface area contributed by atoms with Crippen molar-refractivity contribution < 1.29 is 23.8 Å². The molecule has 0 aliphatic rings. The quantitative estimate of drug-likeness (QED) is 0.377. The number of aromatic amines is 1. The molecule has 0 saturated heterocycles. The van der Waals surface area contributed by atoms with Crippen LogP contribution >= 0.6 is 0 Å². The highest BCUT2D eigenvalue weighted by molar-refractivity contribution is 7.83. The van der Waals surface area contributed by atoms with Gasteiger partial charge in [-0.2, -0.15) is 0 Å². The normalized spacial score (nSPS) is 14.5. The zero-order valence-corrected chi connectivity index (χ0v) is 15.9. The number of H-pyrrole nitrogens is 1. The third kappa shape index (κ3) is 5.14. The standard InChI is InChI=1S/C20H22N2O5S/c1-3-13(5-7-17(4-2)28(26)27)19(12-24)22-20(25)14-6-8-18-15(9-14)10-16(11-23)21-18/h3-10,19,21,23-24H,1-2,11-12H2,(H,22,25)(H,26,27)/p-1/b13-5+,17-7+. The van der Waals surface area contributed by atoms with Crippen molar-refractivity contribution in [2.75, 3.05) is 6.61 Å². The maximum Gasteiger partial charge on any atom is 0.251 e. The van der Waals surface area contributed by atoms with Crippen LogP contribution in [0.15, 0.2) is 72.2 Å². The van der Waals surface area contributed by atoms with Crippen LogP contribution in [0.1, 0.15) is 16.1 Å². The topological polar surface area (TPSA) is 125 Å². The van der Waals surface area contributed by atoms with Gasteiger partial charge < -0.3 is 25.1 Å². The maximum absolute atomic E-state index is 12.6. The van der Waals surface area contributed by atoms with Crippen LogP contribution < -0.4 is 5.32 Å². The van der Waals surface area contributed by atoms with Gasteiger partial charge in [0.1, 0.15) is 0 Å². The van der Waals surface area contributed by atoms with Gasteiger partial charge in [0.25, 0.3) is 5.91 Å². The average molecular weight is 401 g/mol. The summed E-state index contributed by atoms with van der Waals surface area (Å²) in [5, 5.41) is 22.3. The van der Waals surface area contributed by atoms with E-state index in [1.807, 2.05) is 0 Å². The van der Waals surface area contributed by atoms with E-state index in [0.717, 1.165) is 10.9 Å². The number of rotatable bonds is 9. The number of nitrogens with one attached hydrogen (secondary N) is 2. The molecule has 0 fully saturated rings. The number of aliphatic hydroxyl groups excluding tert-OH is 2. The molecule has 2 rings (SSSR count). The molecule has 1 heterocycles. The zero-order chi connectivity index (χ0) is 20.7. The van der Waals surface area contributed by atoms with Gasteiger partial charge in [0, 0.05) is 27.1 Å². The summed E-state index contributed by atoms with van der Waals surface area (Å²) in [6.45, 7) is 6.53. The van der Waals surface area contributed by atoms with Crippen molar-refractivity contribution in [2.24, 2.45) is 0 Å². The molecule has 2 aromatic rings. The van der Waals surface area contributed by atoms with Crippen molar-refractivity contribution in [1.29, 1.82) is 0 Å². The summed E-state index contributed by atoms with van der Waals surface area (Å²) in [5.74, 6) is -0.416. The number of hydrogen-bond donors (Lipinski definition) is 4. The summed E-state index contributed by atoms with van der Waals surface area (Å²) in [5.41, 5.74) is 2.24. The van der Waals surface area contributed by atoms with Crippen molar-refractivity contribution in [3.8, 4) is 0 Å². The summed E-state index contributed by atoms with van der Waals surface area (Å²) >= 11 is -2.45. The third-order valence-corrected chi connectivity index (χ3v) is 4.76. The molecular formula is C20H21N2O5S-. The minimum absolute atomic E-state index is 0.0278. The molecule has 0 saturated carbocycles. The number of aliphatic hydroxyl groups is 2. The fraction of sp³-hybridized carbons (Fsp3) is 0.150. The Hall–Kier alpha value is -2.78. The second-order valence-corrected chi connectivity index (χ2v) is 6.78. The van der Waals surface area contributed by atoms with Gasteiger partial charge in [-0.1, -0.05) is 31.4 Å². The zero-order valence-electron chi connectivity index (χ0n) is 15.1. The van der Waals surface area contributed by atoms with Crippen molar-refractivity contribution in [1.82, 2.24) is 10.3 Å². The first-order valence-corrected chi connectivity index (χ1v) is 9.41. The van der Waals surface area contributed by atoms with Gasteiger partial charge in [0.2, 0.25) is 0 Å². The van der Waals surface area contributed by atoms with E-state index >= 15 is 0 Å². The van der Waals surface area contributed by atoms with Crippen molar-refractivity contribution in [2.45, 2.75) is 12.6 Å². The average Bonchev–Trinajstić information content (AvgIpc) is 3.12. The van der Waals surface area contributed by atoms with E-state index in [0.29, 0.717) is 16.8 Å². The Morgan fingerprint density at radius 1 is 1.25 bits per heavy atom. The SMILES string of the molecule is C=C/C(=C\C=C(/C=C)S(=O)[O-])C(CO)NC(=O)c1ccc2[nH]c(CO)cc2c1. The Kier molecular flexibility index (Phi) is 7.65. The van der Waals surface area contributed by atoms with Crippen LogP contribution in [0.25, 0.3) is 10.9 Å². The van der Waals surface area contributed by atoms with Crippen LogP contribution in [0.4, 0.5) is 0 Å². The van der Waals surface area contributed by atoms with Crippen LogP contribution in [0.2, 0.25) is 0 Å². The van der Waals surface area contributed by atoms with Gasteiger partial charge in [0.15, 0.2) is 0 Å². The summed E-state index contributed by atoms with van der Waals surface area (Å²) in [6.07, 6.45) is 5.36. The molecular weight excluding hydrogens is 380 g/mol. The van der Waals surface area contributed by atoms with Gasteiger partial charge in [-0.25, -0.2) is 0 Å². The third-order valence-electron chi connectivity index (χ3n) is 4.07. The molecule has 8 heteroatoms. The lowest BCUT2D eigenvalue weighted by Gasteiger charge is -2.18. The molecule has 0 aliphatic carbocycles. The van der Waals surface area contributed by atoms with Gasteiger partial charge >= 0.3 is 0 Å². The van der Waals surface area contributed by atoms with Gasteiger partial charge in [-0.3, -0.25) is 9.00 Å². The van der Waals surface area contributed by atoms with E-state index in [-0.39, 0.29) is 11.5 Å². The highest BCUT2D eigenvalue weighted by atomic mass is 32.2. The van der Waals surface area contributed by atoms with Gasteiger partial charge in [0.05, 0.1) is 19.3 Å². The molecule has 2 atom stereocenters. The fourth-order valence-electron chi connectivity index (χ4n) is 2.59. The van der Waals surface area contributed by atoms with Crippen molar-refractivity contribution >= 4 is 27.9 Å². The van der Waals surface area contributed by atoms with E-state index < -0.39 is 29.6 Å². The number of allylic oxidation sites excluding steroid dienone is 3. The summed E-state index contributed by atoms with van der Waals surface area (Å²) in [7, 11) is 0. The fourth-order valence-corrected chi connectivity index (χ4v) is 2.91. The number of amides is 1. The highest BCUT2D eigenvalue weighted by Crippen LogP contribution is 2.18. The van der Waals surface area contributed by atoms with E-state index in [1.54, 1.807) is 24.3 Å². The Morgan fingerprint density at radius 2 is 2.00 bits per heavy atom. The first-order chi connectivity index (χ1) is 13.4. The van der Waals surface area contributed by atoms with Crippen LogP contribution in [-0.2, 0) is 17.7 Å². The lowest BCUT2D eigenvalue weighted by atomic mass is 10.1. The van der Waals surface area contributed by atoms with Crippen molar-refractivity contribution in [3.63, 3.8) is 0 Å². The van der Waals surface area contributed by atoms with Crippen LogP contribution in [-0.4, -0.2) is 42.5 Å². The smallest absolute Gasteiger partial charge is 0.251 e. The predicted molar refractivity (Wildman–Crippen MR) is 108 cm³/mol. The van der Waals surface area contributed by atoms with Crippen molar-refractivity contribution in [3.05, 3.63) is 83.5 Å². The summed E-state index contributed by atoms with van der Waals surface area (Å²) < 4.78 is 22.1. The van der Waals surface area contributed by atoms with Crippen LogP contribution in [0, 0.1) is 0 Å². The number of hydrogen-bond acceptors (Lipinski definition) is 5. The Labute approximate surface area is 165 Å². The van der Waals surface area contributed by atoms with E-state index in [2.05, 4.69) is 23.5 Å². The first kappa shape index (κ1) is 21.5. The number of fused-ring (bicyclic) bond motifs is 1. The molecule has 0 radical (unpaired) electrons. The molecule has 0 aliphatic heterocycles. The molecule has 1 amide bonds. The lowest BCUT2D eigenvalue weighted by molar-refractivity contribution is 0.0927. The number of carbonyl (C=O) groups excluding carboxylic acids is 1. The maximum atomic E-state index is 12.6. The Morgan fingerprint density at radius 3 is 2.57 bits per heavy atom. The van der Waals surface area contributed by atoms with Gasteiger partial charge in [-0.05, 0) is 47.0 Å². The number of aromatic nitrogens is 1. The molecule has 1 aromatic carbocycles. The Balaban J connectivity index is 2.24. The molecule has 1 aromatic heterocycles. The largest absolute Gasteiger partial charge is 0.768 e. The van der Waals surface area contributed by atoms with E-state index in [9.17, 15) is 23.8 Å². The summed E-state index contributed by atoms with van der Waals surface area (Å²) in [4.78, 5) is 15.6. The number of carbonyl (C=O) groups is 1. The molecule has 28 heavy (non-hydrogen) atoms. The molecule has 0 bridgehead atoms. The molecule has 4 N–H and O–H groups in total. The Bertz CT molecular complexity index is 974. The highest BCUT2D eigenvalue weighted by Gasteiger charge is 2.16. The van der Waals surface area contributed by atoms with Crippen LogP contribution in [0.3, 0.4) is 0 Å². The van der Waals surface area contributed by atoms with E-state index in [1.165, 1.54) is 24.3 Å². The van der Waals surface area contributed by atoms with Gasteiger partial charge in [-0.15, -0.1) is 0 Å².